The van der Waals surface area contributed by atoms with Crippen LogP contribution in [0.25, 0.3) is 17.1 Å². The Labute approximate surface area is 112 Å². The third-order valence-corrected chi connectivity index (χ3v) is 2.80. The summed E-state index contributed by atoms with van der Waals surface area (Å²) in [5.74, 6) is -1.32. The van der Waals surface area contributed by atoms with E-state index in [9.17, 15) is 14.3 Å². The fourth-order valence-corrected chi connectivity index (χ4v) is 1.89. The zero-order valence-electron chi connectivity index (χ0n) is 10.2. The number of aromatic nitrogens is 2. The van der Waals surface area contributed by atoms with Crippen LogP contribution in [0.5, 0.6) is 0 Å². The zero-order valence-corrected chi connectivity index (χ0v) is 10.2. The Morgan fingerprint density at radius 2 is 2.05 bits per heavy atom. The number of aromatic carboxylic acids is 1. The van der Waals surface area contributed by atoms with Gasteiger partial charge in [-0.1, -0.05) is 12.1 Å². The average Bonchev–Trinajstić information content (AvgIpc) is 3.08. The van der Waals surface area contributed by atoms with Crippen molar-refractivity contribution in [1.82, 2.24) is 9.78 Å². The summed E-state index contributed by atoms with van der Waals surface area (Å²) in [5, 5.41) is 13.3. The van der Waals surface area contributed by atoms with E-state index >= 15 is 0 Å². The van der Waals surface area contributed by atoms with Gasteiger partial charge in [0, 0.05) is 6.20 Å². The maximum absolute atomic E-state index is 13.7. The van der Waals surface area contributed by atoms with Crippen molar-refractivity contribution in [2.75, 3.05) is 0 Å². The summed E-state index contributed by atoms with van der Waals surface area (Å²) in [6, 6.07) is 9.22. The van der Waals surface area contributed by atoms with Gasteiger partial charge in [0.15, 0.2) is 5.76 Å². The van der Waals surface area contributed by atoms with Gasteiger partial charge in [-0.2, -0.15) is 5.10 Å². The SMILES string of the molecule is O=C(O)c1cn(-c2ccccc2F)nc1-c1ccco1. The van der Waals surface area contributed by atoms with Crippen LogP contribution in [0.4, 0.5) is 4.39 Å². The summed E-state index contributed by atoms with van der Waals surface area (Å²) in [6.45, 7) is 0. The maximum Gasteiger partial charge on any atom is 0.339 e. The molecule has 2 heterocycles. The van der Waals surface area contributed by atoms with Crippen LogP contribution < -0.4 is 0 Å². The molecule has 6 heteroatoms. The lowest BCUT2D eigenvalue weighted by molar-refractivity contribution is 0.0697. The van der Waals surface area contributed by atoms with E-state index < -0.39 is 11.8 Å². The van der Waals surface area contributed by atoms with Crippen LogP contribution in [0.15, 0.2) is 53.3 Å². The van der Waals surface area contributed by atoms with Crippen LogP contribution in [0, 0.1) is 5.82 Å². The number of furan rings is 1. The molecule has 1 N–H and O–H groups in total. The minimum atomic E-state index is -1.15. The first-order valence-electron chi connectivity index (χ1n) is 5.78. The number of benzene rings is 1. The number of nitrogens with zero attached hydrogens (tertiary/aromatic N) is 2. The van der Waals surface area contributed by atoms with Crippen LogP contribution in [0.3, 0.4) is 0 Å². The van der Waals surface area contributed by atoms with Crippen LogP contribution >= 0.6 is 0 Å². The van der Waals surface area contributed by atoms with Crippen LogP contribution in [0.2, 0.25) is 0 Å². The number of hydrogen-bond donors (Lipinski definition) is 1. The second-order valence-corrected chi connectivity index (χ2v) is 4.07. The molecule has 5 nitrogen and oxygen atoms in total. The molecule has 0 saturated carbocycles. The molecule has 0 aliphatic carbocycles. The molecule has 3 aromatic rings. The Hall–Kier alpha value is -2.89. The summed E-state index contributed by atoms with van der Waals surface area (Å²) in [7, 11) is 0. The minimum Gasteiger partial charge on any atom is -0.478 e. The van der Waals surface area contributed by atoms with Gasteiger partial charge in [-0.15, -0.1) is 0 Å². The Kier molecular flexibility index (Phi) is 2.83. The van der Waals surface area contributed by atoms with Crippen LogP contribution in [-0.2, 0) is 0 Å². The maximum atomic E-state index is 13.7. The first kappa shape index (κ1) is 12.2. The number of hydrogen-bond acceptors (Lipinski definition) is 3. The molecular weight excluding hydrogens is 263 g/mol. The van der Waals surface area contributed by atoms with Gasteiger partial charge < -0.3 is 9.52 Å². The predicted octanol–water partition coefficient (Wildman–Crippen LogP) is 2.97. The number of carboxylic acid groups (broad SMARTS) is 1. The topological polar surface area (TPSA) is 68.3 Å². The largest absolute Gasteiger partial charge is 0.478 e. The van der Waals surface area contributed by atoms with Crippen molar-refractivity contribution >= 4 is 5.97 Å². The smallest absolute Gasteiger partial charge is 0.339 e. The quantitative estimate of drug-likeness (QED) is 0.795. The fourth-order valence-electron chi connectivity index (χ4n) is 1.89. The summed E-state index contributed by atoms with van der Waals surface area (Å²) >= 11 is 0. The van der Waals surface area contributed by atoms with Crippen molar-refractivity contribution in [3.05, 3.63) is 60.2 Å². The third-order valence-electron chi connectivity index (χ3n) is 2.80. The highest BCUT2D eigenvalue weighted by Gasteiger charge is 2.20. The van der Waals surface area contributed by atoms with Crippen molar-refractivity contribution in [3.8, 4) is 17.1 Å². The molecule has 100 valence electrons. The average molecular weight is 272 g/mol. The molecule has 0 fully saturated rings. The predicted molar refractivity (Wildman–Crippen MR) is 68.2 cm³/mol. The molecule has 0 amide bonds. The Morgan fingerprint density at radius 3 is 2.70 bits per heavy atom. The van der Waals surface area contributed by atoms with Gasteiger partial charge in [-0.05, 0) is 24.3 Å². The molecule has 2 aromatic heterocycles. The van der Waals surface area contributed by atoms with Crippen LogP contribution in [-0.4, -0.2) is 20.9 Å². The van der Waals surface area contributed by atoms with E-state index in [1.165, 1.54) is 29.3 Å². The van der Waals surface area contributed by atoms with Gasteiger partial charge in [0.1, 0.15) is 22.8 Å². The van der Waals surface area contributed by atoms with Gasteiger partial charge >= 0.3 is 5.97 Å². The van der Waals surface area contributed by atoms with E-state index in [-0.39, 0.29) is 16.9 Å². The van der Waals surface area contributed by atoms with E-state index in [4.69, 9.17) is 4.42 Å². The third kappa shape index (κ3) is 1.97. The number of carbonyl (C=O) groups is 1. The van der Waals surface area contributed by atoms with Crippen molar-refractivity contribution in [1.29, 1.82) is 0 Å². The highest BCUT2D eigenvalue weighted by atomic mass is 19.1. The Balaban J connectivity index is 2.18. The highest BCUT2D eigenvalue weighted by molar-refractivity contribution is 5.94. The molecule has 0 bridgehead atoms. The lowest BCUT2D eigenvalue weighted by Crippen LogP contribution is -1.98. The molecule has 3 rings (SSSR count). The monoisotopic (exact) mass is 272 g/mol. The molecule has 0 saturated heterocycles. The lowest BCUT2D eigenvalue weighted by Gasteiger charge is -2.01. The summed E-state index contributed by atoms with van der Waals surface area (Å²) in [6.07, 6.45) is 2.68. The number of carboxylic acids is 1. The molecular formula is C14H9FN2O3. The van der Waals surface area contributed by atoms with Crippen LogP contribution in [0.1, 0.15) is 10.4 Å². The van der Waals surface area contributed by atoms with Crippen molar-refractivity contribution in [3.63, 3.8) is 0 Å². The van der Waals surface area contributed by atoms with E-state index in [1.54, 1.807) is 24.3 Å². The lowest BCUT2D eigenvalue weighted by atomic mass is 10.2. The molecule has 1 aromatic carbocycles. The number of para-hydroxylation sites is 1. The second kappa shape index (κ2) is 4.65. The van der Waals surface area contributed by atoms with Gasteiger partial charge in [0.05, 0.1) is 6.26 Å². The van der Waals surface area contributed by atoms with E-state index in [0.29, 0.717) is 5.76 Å². The summed E-state index contributed by atoms with van der Waals surface area (Å²) in [4.78, 5) is 11.3. The van der Waals surface area contributed by atoms with Gasteiger partial charge in [0.25, 0.3) is 0 Å². The fraction of sp³-hybridized carbons (Fsp3) is 0. The Morgan fingerprint density at radius 1 is 1.25 bits per heavy atom. The molecule has 0 radical (unpaired) electrons. The van der Waals surface area contributed by atoms with E-state index in [0.717, 1.165) is 0 Å². The second-order valence-electron chi connectivity index (χ2n) is 4.07. The van der Waals surface area contributed by atoms with E-state index in [1.807, 2.05) is 0 Å². The van der Waals surface area contributed by atoms with Gasteiger partial charge in [-0.25, -0.2) is 13.9 Å². The molecule has 0 spiro atoms. The molecule has 0 atom stereocenters. The first-order valence-corrected chi connectivity index (χ1v) is 5.78. The Bertz CT molecular complexity index is 763. The van der Waals surface area contributed by atoms with Gasteiger partial charge in [0.2, 0.25) is 0 Å². The van der Waals surface area contributed by atoms with Crippen molar-refractivity contribution in [2.45, 2.75) is 0 Å². The number of rotatable bonds is 3. The van der Waals surface area contributed by atoms with Crippen molar-refractivity contribution in [2.24, 2.45) is 0 Å². The first-order chi connectivity index (χ1) is 9.66. The van der Waals surface area contributed by atoms with E-state index in [2.05, 4.69) is 5.10 Å². The highest BCUT2D eigenvalue weighted by Crippen LogP contribution is 2.24. The molecule has 0 aliphatic rings. The zero-order chi connectivity index (χ0) is 14.1. The molecule has 20 heavy (non-hydrogen) atoms. The van der Waals surface area contributed by atoms with Gasteiger partial charge in [-0.3, -0.25) is 0 Å². The molecule has 0 aliphatic heterocycles. The summed E-state index contributed by atoms with van der Waals surface area (Å²) in [5.41, 5.74) is 0.279. The van der Waals surface area contributed by atoms with Crippen molar-refractivity contribution < 1.29 is 18.7 Å². The number of halogens is 1. The minimum absolute atomic E-state index is 0.0526. The standard InChI is InChI=1S/C14H9FN2O3/c15-10-4-1-2-5-11(10)17-8-9(14(18)19)13(16-17)12-6-3-7-20-12/h1-8H,(H,18,19). The molecule has 0 unspecified atom stereocenters. The summed E-state index contributed by atoms with van der Waals surface area (Å²) < 4.78 is 20.1. The normalized spacial score (nSPS) is 10.7.